The van der Waals surface area contributed by atoms with Crippen LogP contribution in [0.5, 0.6) is 0 Å². The third kappa shape index (κ3) is 15.3. The largest absolute Gasteiger partial charge is 0.480 e. The van der Waals surface area contributed by atoms with E-state index in [9.17, 15) is 9.59 Å². The lowest BCUT2D eigenvalue weighted by molar-refractivity contribution is -0.138. The first-order valence-corrected chi connectivity index (χ1v) is 10.8. The molecule has 0 bridgehead atoms. The predicted molar refractivity (Wildman–Crippen MR) is 108 cm³/mol. The fourth-order valence-corrected chi connectivity index (χ4v) is 3.15. The highest BCUT2D eigenvalue weighted by Gasteiger charge is 2.17. The molecule has 0 aromatic heterocycles. The van der Waals surface area contributed by atoms with Gasteiger partial charge in [-0.2, -0.15) is 0 Å². The predicted octanol–water partition coefficient (Wildman–Crippen LogP) is 4.56. The average molecular weight is 371 g/mol. The van der Waals surface area contributed by atoms with Crippen molar-refractivity contribution in [2.45, 2.75) is 122 Å². The number of carboxylic acid groups (broad SMARTS) is 1. The molecule has 0 aliphatic rings. The maximum atomic E-state index is 11.9. The second-order valence-electron chi connectivity index (χ2n) is 7.59. The summed E-state index contributed by atoms with van der Waals surface area (Å²) >= 11 is 0. The van der Waals surface area contributed by atoms with Crippen LogP contribution in [0.25, 0.3) is 0 Å². The number of carbonyl (C=O) groups excluding carboxylic acids is 1. The highest BCUT2D eigenvalue weighted by molar-refractivity contribution is 5.83. The number of carbonyl (C=O) groups is 2. The Hall–Kier alpha value is -0.940. The zero-order valence-electron chi connectivity index (χ0n) is 16.9. The average Bonchev–Trinajstić information content (AvgIpc) is 2.62. The van der Waals surface area contributed by atoms with Gasteiger partial charge in [0.25, 0.3) is 0 Å². The van der Waals surface area contributed by atoms with Gasteiger partial charge in [-0.1, -0.05) is 84.0 Å². The molecule has 26 heavy (non-hydrogen) atoms. The Morgan fingerprint density at radius 3 is 1.50 bits per heavy atom. The molecule has 154 valence electrons. The number of rotatable bonds is 19. The normalized spacial score (nSPS) is 13.5. The Morgan fingerprint density at radius 2 is 1.08 bits per heavy atom. The van der Waals surface area contributed by atoms with Crippen LogP contribution in [0.4, 0.5) is 0 Å². The third-order valence-electron chi connectivity index (χ3n) is 5.05. The van der Waals surface area contributed by atoms with E-state index in [2.05, 4.69) is 6.92 Å². The molecular formula is C21H42N2O3. The minimum absolute atomic E-state index is 0.0330. The molecule has 0 rings (SSSR count). The fourth-order valence-electron chi connectivity index (χ4n) is 3.15. The summed E-state index contributed by atoms with van der Waals surface area (Å²) in [7, 11) is 0. The molecule has 0 amide bonds. The van der Waals surface area contributed by atoms with E-state index in [0.29, 0.717) is 12.8 Å². The van der Waals surface area contributed by atoms with Crippen LogP contribution >= 0.6 is 0 Å². The number of carboxylic acids is 1. The van der Waals surface area contributed by atoms with Crippen molar-refractivity contribution >= 4 is 11.8 Å². The van der Waals surface area contributed by atoms with Crippen molar-refractivity contribution in [1.29, 1.82) is 0 Å². The van der Waals surface area contributed by atoms with Crippen LogP contribution in [-0.4, -0.2) is 28.9 Å². The van der Waals surface area contributed by atoms with Crippen molar-refractivity contribution in [1.82, 2.24) is 0 Å². The highest BCUT2D eigenvalue weighted by atomic mass is 16.4. The molecule has 0 aromatic carbocycles. The van der Waals surface area contributed by atoms with Gasteiger partial charge >= 0.3 is 5.97 Å². The Balaban J connectivity index is 3.38. The van der Waals surface area contributed by atoms with Crippen LogP contribution < -0.4 is 11.5 Å². The van der Waals surface area contributed by atoms with Gasteiger partial charge in [-0.25, -0.2) is 0 Å². The molecule has 5 N–H and O–H groups in total. The van der Waals surface area contributed by atoms with Gasteiger partial charge < -0.3 is 16.6 Å². The van der Waals surface area contributed by atoms with Crippen molar-refractivity contribution in [2.75, 3.05) is 0 Å². The highest BCUT2D eigenvalue weighted by Crippen LogP contribution is 2.13. The lowest BCUT2D eigenvalue weighted by Crippen LogP contribution is -2.35. The van der Waals surface area contributed by atoms with E-state index in [-0.39, 0.29) is 12.2 Å². The summed E-state index contributed by atoms with van der Waals surface area (Å²) in [5, 5.41) is 8.72. The summed E-state index contributed by atoms with van der Waals surface area (Å²) in [6.07, 6.45) is 17.7. The van der Waals surface area contributed by atoms with Gasteiger partial charge in [-0.3, -0.25) is 9.59 Å². The molecule has 0 spiro atoms. The van der Waals surface area contributed by atoms with E-state index in [1.807, 2.05) is 0 Å². The first-order valence-electron chi connectivity index (χ1n) is 10.8. The fraction of sp³-hybridized carbons (Fsp3) is 0.905. The van der Waals surface area contributed by atoms with Crippen LogP contribution in [0.15, 0.2) is 0 Å². The number of ketones is 1. The number of hydrogen-bond donors (Lipinski definition) is 3. The van der Waals surface area contributed by atoms with E-state index in [1.54, 1.807) is 0 Å². The molecule has 0 saturated heterocycles. The smallest absolute Gasteiger partial charge is 0.320 e. The molecule has 5 heteroatoms. The number of hydrogen-bond acceptors (Lipinski definition) is 4. The van der Waals surface area contributed by atoms with Crippen molar-refractivity contribution in [3.63, 3.8) is 0 Å². The van der Waals surface area contributed by atoms with Crippen molar-refractivity contribution in [2.24, 2.45) is 11.5 Å². The molecule has 0 radical (unpaired) electrons. The lowest BCUT2D eigenvalue weighted by Gasteiger charge is -2.12. The van der Waals surface area contributed by atoms with E-state index in [1.165, 1.54) is 70.6 Å². The SMILES string of the molecule is CCCCCCCCCCCCCCCC(=O)C(N)CC[C@H](N)C(=O)O. The van der Waals surface area contributed by atoms with Gasteiger partial charge in [0.1, 0.15) is 11.8 Å². The topological polar surface area (TPSA) is 106 Å². The zero-order chi connectivity index (χ0) is 19.6. The molecule has 2 atom stereocenters. The second-order valence-corrected chi connectivity index (χ2v) is 7.59. The standard InChI is InChI=1S/C21H42N2O3/c1-2-3-4-5-6-7-8-9-10-11-12-13-14-15-20(24)18(22)16-17-19(23)21(25)26/h18-19H,2-17,22-23H2,1H3,(H,25,26)/t18?,19-/m0/s1. The quantitative estimate of drug-likeness (QED) is 0.289. The second kappa shape index (κ2) is 17.5. The van der Waals surface area contributed by atoms with Gasteiger partial charge in [-0.05, 0) is 19.3 Å². The van der Waals surface area contributed by atoms with Crippen LogP contribution in [0.1, 0.15) is 110 Å². The summed E-state index contributed by atoms with van der Waals surface area (Å²) in [6.45, 7) is 2.25. The summed E-state index contributed by atoms with van der Waals surface area (Å²) in [6, 6.07) is -1.50. The third-order valence-corrected chi connectivity index (χ3v) is 5.05. The van der Waals surface area contributed by atoms with E-state index in [0.717, 1.165) is 12.8 Å². The molecule has 0 aromatic rings. The number of nitrogens with two attached hydrogens (primary N) is 2. The van der Waals surface area contributed by atoms with Gasteiger partial charge in [-0.15, -0.1) is 0 Å². The van der Waals surface area contributed by atoms with E-state index < -0.39 is 18.1 Å². The monoisotopic (exact) mass is 370 g/mol. The zero-order valence-corrected chi connectivity index (χ0v) is 16.9. The Kier molecular flexibility index (Phi) is 16.8. The summed E-state index contributed by atoms with van der Waals surface area (Å²) < 4.78 is 0. The van der Waals surface area contributed by atoms with Crippen LogP contribution in [-0.2, 0) is 9.59 Å². The van der Waals surface area contributed by atoms with Gasteiger partial charge in [0.15, 0.2) is 0 Å². The van der Waals surface area contributed by atoms with Crippen LogP contribution in [0.2, 0.25) is 0 Å². The van der Waals surface area contributed by atoms with Gasteiger partial charge in [0, 0.05) is 6.42 Å². The van der Waals surface area contributed by atoms with E-state index >= 15 is 0 Å². The van der Waals surface area contributed by atoms with Gasteiger partial charge in [0.05, 0.1) is 6.04 Å². The maximum absolute atomic E-state index is 11.9. The molecule has 0 saturated carbocycles. The van der Waals surface area contributed by atoms with Crippen LogP contribution in [0.3, 0.4) is 0 Å². The minimum Gasteiger partial charge on any atom is -0.480 e. The Bertz CT molecular complexity index is 361. The number of Topliss-reactive ketones (excluding diaryl/α,β-unsaturated/α-hetero) is 1. The number of aliphatic carboxylic acids is 1. The lowest BCUT2D eigenvalue weighted by atomic mass is 9.99. The van der Waals surface area contributed by atoms with Crippen molar-refractivity contribution in [3.05, 3.63) is 0 Å². The summed E-state index contributed by atoms with van der Waals surface area (Å²) in [5.41, 5.74) is 11.2. The molecule has 0 fully saturated rings. The Morgan fingerprint density at radius 1 is 0.692 bits per heavy atom. The first-order chi connectivity index (χ1) is 12.5. The summed E-state index contributed by atoms with van der Waals surface area (Å²) in [4.78, 5) is 22.6. The molecule has 0 heterocycles. The van der Waals surface area contributed by atoms with Crippen LogP contribution in [0, 0.1) is 0 Å². The van der Waals surface area contributed by atoms with Crippen molar-refractivity contribution < 1.29 is 14.7 Å². The van der Waals surface area contributed by atoms with Gasteiger partial charge in [0.2, 0.25) is 0 Å². The molecular weight excluding hydrogens is 328 g/mol. The summed E-state index contributed by atoms with van der Waals surface area (Å²) in [5.74, 6) is -1.01. The van der Waals surface area contributed by atoms with E-state index in [4.69, 9.17) is 16.6 Å². The first kappa shape index (κ1) is 25.1. The molecule has 0 aliphatic carbocycles. The molecule has 1 unspecified atom stereocenters. The van der Waals surface area contributed by atoms with Crippen molar-refractivity contribution in [3.8, 4) is 0 Å². The maximum Gasteiger partial charge on any atom is 0.320 e. The number of unbranched alkanes of at least 4 members (excludes halogenated alkanes) is 12. The molecule has 5 nitrogen and oxygen atoms in total. The molecule has 0 aliphatic heterocycles. The Labute approximate surface area is 160 Å². The minimum atomic E-state index is -1.04.